The van der Waals surface area contributed by atoms with E-state index in [0.29, 0.717) is 0 Å². The van der Waals surface area contributed by atoms with Crippen molar-refractivity contribution in [3.8, 4) is 0 Å². The van der Waals surface area contributed by atoms with Gasteiger partial charge in [-0.1, -0.05) is 31.4 Å². The molecule has 0 spiro atoms. The largest absolute Gasteiger partial charge is 0.352 e. The van der Waals surface area contributed by atoms with E-state index in [1.54, 1.807) is 12.1 Å². The van der Waals surface area contributed by atoms with Crippen LogP contribution in [0, 0.1) is 10.1 Å². The van der Waals surface area contributed by atoms with Crippen molar-refractivity contribution in [2.75, 3.05) is 0 Å². The molecule has 2 atom stereocenters. The van der Waals surface area contributed by atoms with Crippen LogP contribution < -0.4 is 11.1 Å². The number of hydrogen-bond acceptors (Lipinski definition) is 4. The van der Waals surface area contributed by atoms with Crippen molar-refractivity contribution in [3.05, 3.63) is 39.9 Å². The molecular weight excluding hydrogens is 270 g/mol. The van der Waals surface area contributed by atoms with Crippen molar-refractivity contribution in [2.24, 2.45) is 5.73 Å². The third kappa shape index (κ3) is 4.53. The van der Waals surface area contributed by atoms with E-state index < -0.39 is 4.92 Å². The van der Waals surface area contributed by atoms with Gasteiger partial charge in [0.2, 0.25) is 5.91 Å². The Morgan fingerprint density at radius 1 is 1.24 bits per heavy atom. The van der Waals surface area contributed by atoms with Gasteiger partial charge < -0.3 is 11.1 Å². The second-order valence-electron chi connectivity index (χ2n) is 5.58. The summed E-state index contributed by atoms with van der Waals surface area (Å²) in [7, 11) is 0. The minimum Gasteiger partial charge on any atom is -0.352 e. The molecule has 0 radical (unpaired) electrons. The maximum Gasteiger partial charge on any atom is 0.269 e. The molecule has 1 amide bonds. The summed E-state index contributed by atoms with van der Waals surface area (Å²) in [6, 6.07) is 6.13. The Kier molecular flexibility index (Phi) is 5.27. The molecule has 0 saturated heterocycles. The molecule has 21 heavy (non-hydrogen) atoms. The topological polar surface area (TPSA) is 98.3 Å². The number of nitro groups is 1. The number of nitro benzene ring substituents is 1. The third-order valence-corrected chi connectivity index (χ3v) is 3.93. The molecule has 0 heterocycles. The van der Waals surface area contributed by atoms with Crippen molar-refractivity contribution in [3.63, 3.8) is 0 Å². The van der Waals surface area contributed by atoms with Crippen LogP contribution in [0.4, 0.5) is 5.69 Å². The van der Waals surface area contributed by atoms with Crippen LogP contribution in [0.1, 0.15) is 37.7 Å². The van der Waals surface area contributed by atoms with Crippen LogP contribution in [0.3, 0.4) is 0 Å². The van der Waals surface area contributed by atoms with E-state index in [4.69, 9.17) is 5.73 Å². The highest BCUT2D eigenvalue weighted by Gasteiger charge is 2.22. The summed E-state index contributed by atoms with van der Waals surface area (Å²) in [5, 5.41) is 13.6. The molecule has 1 aliphatic rings. The van der Waals surface area contributed by atoms with Crippen LogP contribution in [0.2, 0.25) is 0 Å². The minimum atomic E-state index is -0.450. The zero-order chi connectivity index (χ0) is 15.2. The van der Waals surface area contributed by atoms with Crippen LogP contribution in [0.15, 0.2) is 24.3 Å². The lowest BCUT2D eigenvalue weighted by atomic mass is 10.0. The van der Waals surface area contributed by atoms with Crippen LogP contribution in [0.5, 0.6) is 0 Å². The minimum absolute atomic E-state index is 0.0216. The number of nitrogens with two attached hydrogens (primary N) is 1. The lowest BCUT2D eigenvalue weighted by molar-refractivity contribution is -0.384. The van der Waals surface area contributed by atoms with Gasteiger partial charge in [-0.25, -0.2) is 0 Å². The lowest BCUT2D eigenvalue weighted by Gasteiger charge is -2.22. The van der Waals surface area contributed by atoms with E-state index in [0.717, 1.165) is 31.2 Å². The van der Waals surface area contributed by atoms with Gasteiger partial charge >= 0.3 is 0 Å². The molecule has 3 N–H and O–H groups in total. The van der Waals surface area contributed by atoms with Crippen LogP contribution in [-0.2, 0) is 11.2 Å². The Labute approximate surface area is 123 Å². The van der Waals surface area contributed by atoms with Gasteiger partial charge in [0, 0.05) is 24.2 Å². The summed E-state index contributed by atoms with van der Waals surface area (Å²) >= 11 is 0. The molecule has 0 aliphatic heterocycles. The number of hydrogen-bond donors (Lipinski definition) is 2. The molecule has 2 unspecified atom stereocenters. The molecule has 1 fully saturated rings. The number of non-ortho nitro benzene ring substituents is 1. The highest BCUT2D eigenvalue weighted by Crippen LogP contribution is 2.17. The normalized spacial score (nSPS) is 22.3. The number of carbonyl (C=O) groups is 1. The molecule has 1 saturated carbocycles. The van der Waals surface area contributed by atoms with Crippen LogP contribution >= 0.6 is 0 Å². The fourth-order valence-electron chi connectivity index (χ4n) is 2.69. The van der Waals surface area contributed by atoms with E-state index in [-0.39, 0.29) is 30.1 Å². The number of nitrogens with zero attached hydrogens (tertiary/aromatic N) is 1. The molecule has 6 nitrogen and oxygen atoms in total. The first-order chi connectivity index (χ1) is 10.1. The van der Waals surface area contributed by atoms with Gasteiger partial charge in [-0.3, -0.25) is 14.9 Å². The number of amides is 1. The average Bonchev–Trinajstić information content (AvgIpc) is 2.65. The molecule has 1 aromatic rings. The van der Waals surface area contributed by atoms with Crippen molar-refractivity contribution >= 4 is 11.6 Å². The van der Waals surface area contributed by atoms with Crippen LogP contribution in [0.25, 0.3) is 0 Å². The fraction of sp³-hybridized carbons (Fsp3) is 0.533. The van der Waals surface area contributed by atoms with E-state index in [1.165, 1.54) is 18.6 Å². The Balaban J connectivity index is 1.90. The SMILES string of the molecule is NC1CCCCCC1NC(=O)Cc1ccc([N+](=O)[O-])cc1. The first-order valence-corrected chi connectivity index (χ1v) is 7.34. The second-order valence-corrected chi connectivity index (χ2v) is 5.58. The monoisotopic (exact) mass is 291 g/mol. The predicted octanol–water partition coefficient (Wildman–Crippen LogP) is 1.91. The number of carbonyl (C=O) groups excluding carboxylic acids is 1. The fourth-order valence-corrected chi connectivity index (χ4v) is 2.69. The van der Waals surface area contributed by atoms with Gasteiger partial charge in [-0.2, -0.15) is 0 Å². The summed E-state index contributed by atoms with van der Waals surface area (Å²) in [6.07, 6.45) is 5.48. The Morgan fingerprint density at radius 3 is 2.57 bits per heavy atom. The van der Waals surface area contributed by atoms with E-state index >= 15 is 0 Å². The van der Waals surface area contributed by atoms with Gasteiger partial charge in [0.15, 0.2) is 0 Å². The van der Waals surface area contributed by atoms with Gasteiger partial charge in [0.05, 0.1) is 11.3 Å². The average molecular weight is 291 g/mol. The quantitative estimate of drug-likeness (QED) is 0.503. The van der Waals surface area contributed by atoms with Gasteiger partial charge in [-0.15, -0.1) is 0 Å². The standard InChI is InChI=1S/C15H21N3O3/c16-13-4-2-1-3-5-14(13)17-15(19)10-11-6-8-12(9-7-11)18(20)21/h6-9,13-14H,1-5,10,16H2,(H,17,19). The summed E-state index contributed by atoms with van der Waals surface area (Å²) in [5.74, 6) is -0.0776. The third-order valence-electron chi connectivity index (χ3n) is 3.93. The molecule has 0 aromatic heterocycles. The number of benzene rings is 1. The molecular formula is C15H21N3O3. The zero-order valence-corrected chi connectivity index (χ0v) is 12.0. The number of rotatable bonds is 4. The van der Waals surface area contributed by atoms with Crippen molar-refractivity contribution < 1.29 is 9.72 Å². The zero-order valence-electron chi connectivity index (χ0n) is 12.0. The van der Waals surface area contributed by atoms with Crippen molar-refractivity contribution in [1.82, 2.24) is 5.32 Å². The van der Waals surface area contributed by atoms with E-state index in [1.807, 2.05) is 0 Å². The van der Waals surface area contributed by atoms with Gasteiger partial charge in [0.25, 0.3) is 5.69 Å². The van der Waals surface area contributed by atoms with Gasteiger partial charge in [-0.05, 0) is 18.4 Å². The van der Waals surface area contributed by atoms with Crippen LogP contribution in [-0.4, -0.2) is 22.9 Å². The lowest BCUT2D eigenvalue weighted by Crippen LogP contribution is -2.47. The van der Waals surface area contributed by atoms with Crippen molar-refractivity contribution in [2.45, 2.75) is 50.6 Å². The molecule has 114 valence electrons. The highest BCUT2D eigenvalue weighted by atomic mass is 16.6. The maximum absolute atomic E-state index is 12.1. The van der Waals surface area contributed by atoms with E-state index in [2.05, 4.69) is 5.32 Å². The molecule has 2 rings (SSSR count). The Bertz CT molecular complexity index is 501. The highest BCUT2D eigenvalue weighted by molar-refractivity contribution is 5.79. The Morgan fingerprint density at radius 2 is 1.90 bits per heavy atom. The first kappa shape index (κ1) is 15.4. The molecule has 0 bridgehead atoms. The first-order valence-electron chi connectivity index (χ1n) is 7.34. The van der Waals surface area contributed by atoms with E-state index in [9.17, 15) is 14.9 Å². The molecule has 1 aromatic carbocycles. The summed E-state index contributed by atoms with van der Waals surface area (Å²) in [6.45, 7) is 0. The second kappa shape index (κ2) is 7.17. The summed E-state index contributed by atoms with van der Waals surface area (Å²) in [5.41, 5.74) is 6.88. The maximum atomic E-state index is 12.1. The Hall–Kier alpha value is -1.95. The predicted molar refractivity (Wildman–Crippen MR) is 79.8 cm³/mol. The summed E-state index contributed by atoms with van der Waals surface area (Å²) < 4.78 is 0. The molecule has 1 aliphatic carbocycles. The molecule has 6 heteroatoms. The summed E-state index contributed by atoms with van der Waals surface area (Å²) in [4.78, 5) is 22.2. The van der Waals surface area contributed by atoms with Gasteiger partial charge in [0.1, 0.15) is 0 Å². The van der Waals surface area contributed by atoms with Crippen molar-refractivity contribution in [1.29, 1.82) is 0 Å². The number of nitrogens with one attached hydrogen (secondary N) is 1. The smallest absolute Gasteiger partial charge is 0.269 e.